The van der Waals surface area contributed by atoms with E-state index < -0.39 is 24.3 Å². The van der Waals surface area contributed by atoms with Crippen molar-refractivity contribution in [2.24, 2.45) is 5.73 Å². The largest absolute Gasteiger partial charge is 0.573 e. The monoisotopic (exact) mass is 280 g/mol. The third kappa shape index (κ3) is 4.58. The Kier molecular flexibility index (Phi) is 4.98. The summed E-state index contributed by atoms with van der Waals surface area (Å²) < 4.78 is 40.4. The molecule has 5 nitrogen and oxygen atoms in total. The van der Waals surface area contributed by atoms with E-state index in [1.54, 1.807) is 0 Å². The molecular formula is C11H15F3N2O3. The molecule has 0 aromatic heterocycles. The first-order valence-electron chi connectivity index (χ1n) is 5.46. The quantitative estimate of drug-likeness (QED) is 0.600. The molecule has 6 N–H and O–H groups in total. The summed E-state index contributed by atoms with van der Waals surface area (Å²) in [6, 6.07) is 3.30. The fourth-order valence-corrected chi connectivity index (χ4v) is 1.55. The van der Waals surface area contributed by atoms with Gasteiger partial charge in [-0.3, -0.25) is 0 Å². The molecule has 19 heavy (non-hydrogen) atoms. The lowest BCUT2D eigenvalue weighted by atomic mass is 10.0. The lowest BCUT2D eigenvalue weighted by Crippen LogP contribution is -2.24. The van der Waals surface area contributed by atoms with Gasteiger partial charge in [-0.1, -0.05) is 0 Å². The minimum absolute atomic E-state index is 0.0292. The molecule has 0 heterocycles. The van der Waals surface area contributed by atoms with Crippen LogP contribution in [-0.2, 0) is 0 Å². The minimum Gasteiger partial charge on any atom is -0.405 e. The van der Waals surface area contributed by atoms with Gasteiger partial charge in [0.15, 0.2) is 0 Å². The van der Waals surface area contributed by atoms with Gasteiger partial charge >= 0.3 is 6.36 Å². The molecule has 2 atom stereocenters. The second-order valence-electron chi connectivity index (χ2n) is 3.93. The molecule has 8 heteroatoms. The standard InChI is InChI=1S/C11H15F3N2O3/c12-11(13,14)19-9-2-1-6(16)5-7(9)10(18)8(17)3-4-15/h1-2,5,8,10,17-18H,3-4,15-16H2. The number of rotatable bonds is 5. The highest BCUT2D eigenvalue weighted by Crippen LogP contribution is 2.33. The molecule has 108 valence electrons. The lowest BCUT2D eigenvalue weighted by Gasteiger charge is -2.21. The molecule has 1 aromatic carbocycles. The number of aliphatic hydroxyl groups is 2. The van der Waals surface area contributed by atoms with E-state index in [0.29, 0.717) is 0 Å². The van der Waals surface area contributed by atoms with Gasteiger partial charge in [0.05, 0.1) is 6.10 Å². The zero-order valence-corrected chi connectivity index (χ0v) is 9.89. The first-order chi connectivity index (χ1) is 8.74. The molecule has 0 aliphatic heterocycles. The van der Waals surface area contributed by atoms with Crippen LogP contribution in [0.4, 0.5) is 18.9 Å². The van der Waals surface area contributed by atoms with Crippen LogP contribution in [0.3, 0.4) is 0 Å². The van der Waals surface area contributed by atoms with Gasteiger partial charge in [-0.25, -0.2) is 0 Å². The Bertz CT molecular complexity index is 426. The van der Waals surface area contributed by atoms with Crippen LogP contribution in [0.2, 0.25) is 0 Å². The van der Waals surface area contributed by atoms with Gasteiger partial charge < -0.3 is 26.4 Å². The predicted octanol–water partition coefficient (Wildman–Crippen LogP) is 0.910. The highest BCUT2D eigenvalue weighted by atomic mass is 19.4. The molecular weight excluding hydrogens is 265 g/mol. The van der Waals surface area contributed by atoms with E-state index >= 15 is 0 Å². The van der Waals surface area contributed by atoms with E-state index in [4.69, 9.17) is 11.5 Å². The van der Waals surface area contributed by atoms with Crippen LogP contribution in [0.15, 0.2) is 18.2 Å². The molecule has 1 rings (SSSR count). The van der Waals surface area contributed by atoms with E-state index in [1.165, 1.54) is 6.07 Å². The summed E-state index contributed by atoms with van der Waals surface area (Å²) in [5, 5.41) is 19.4. The molecule has 0 aliphatic carbocycles. The predicted molar refractivity (Wildman–Crippen MR) is 62.2 cm³/mol. The van der Waals surface area contributed by atoms with Crippen LogP contribution in [0.5, 0.6) is 5.75 Å². The van der Waals surface area contributed by atoms with E-state index in [0.717, 1.165) is 12.1 Å². The van der Waals surface area contributed by atoms with Crippen molar-refractivity contribution in [2.75, 3.05) is 12.3 Å². The Labute approximate surface area is 107 Å². The van der Waals surface area contributed by atoms with Gasteiger partial charge in [0.2, 0.25) is 0 Å². The maximum Gasteiger partial charge on any atom is 0.573 e. The molecule has 0 saturated heterocycles. The van der Waals surface area contributed by atoms with Crippen molar-refractivity contribution in [1.29, 1.82) is 0 Å². The van der Waals surface area contributed by atoms with Crippen LogP contribution >= 0.6 is 0 Å². The maximum absolute atomic E-state index is 12.2. The summed E-state index contributed by atoms with van der Waals surface area (Å²) in [6.45, 7) is 0.0794. The summed E-state index contributed by atoms with van der Waals surface area (Å²) in [7, 11) is 0. The fourth-order valence-electron chi connectivity index (χ4n) is 1.55. The zero-order valence-electron chi connectivity index (χ0n) is 9.89. The number of benzene rings is 1. The number of hydrogen-bond donors (Lipinski definition) is 4. The van der Waals surface area contributed by atoms with Crippen molar-refractivity contribution < 1.29 is 28.1 Å². The van der Waals surface area contributed by atoms with Crippen molar-refractivity contribution in [2.45, 2.75) is 25.0 Å². The molecule has 0 spiro atoms. The smallest absolute Gasteiger partial charge is 0.405 e. The number of alkyl halides is 3. The second kappa shape index (κ2) is 6.09. The summed E-state index contributed by atoms with van der Waals surface area (Å²) in [4.78, 5) is 0. The van der Waals surface area contributed by atoms with Crippen LogP contribution in [0.1, 0.15) is 18.1 Å². The molecule has 0 radical (unpaired) electrons. The van der Waals surface area contributed by atoms with E-state index in [9.17, 15) is 23.4 Å². The molecule has 0 bridgehead atoms. The van der Waals surface area contributed by atoms with Crippen molar-refractivity contribution >= 4 is 5.69 Å². The average Bonchev–Trinajstić information content (AvgIpc) is 2.29. The Morgan fingerprint density at radius 2 is 1.89 bits per heavy atom. The zero-order chi connectivity index (χ0) is 14.6. The number of nitrogens with two attached hydrogens (primary N) is 2. The third-order valence-electron chi connectivity index (χ3n) is 2.41. The molecule has 0 aliphatic rings. The molecule has 1 aromatic rings. The topological polar surface area (TPSA) is 102 Å². The number of anilines is 1. The van der Waals surface area contributed by atoms with Gasteiger partial charge in [-0.2, -0.15) is 0 Å². The number of halogens is 3. The Balaban J connectivity index is 3.06. The summed E-state index contributed by atoms with van der Waals surface area (Å²) in [6.07, 6.45) is -7.74. The van der Waals surface area contributed by atoms with E-state index in [1.807, 2.05) is 0 Å². The highest BCUT2D eigenvalue weighted by Gasteiger charge is 2.33. The first kappa shape index (κ1) is 15.5. The highest BCUT2D eigenvalue weighted by molar-refractivity contribution is 5.49. The molecule has 0 saturated carbocycles. The van der Waals surface area contributed by atoms with E-state index in [2.05, 4.69) is 4.74 Å². The first-order valence-corrected chi connectivity index (χ1v) is 5.46. The fraction of sp³-hybridized carbons (Fsp3) is 0.455. The Morgan fingerprint density at radius 3 is 2.42 bits per heavy atom. The normalized spacial score (nSPS) is 15.1. The number of aliphatic hydroxyl groups excluding tert-OH is 2. The van der Waals surface area contributed by atoms with Gasteiger partial charge in [0.25, 0.3) is 0 Å². The lowest BCUT2D eigenvalue weighted by molar-refractivity contribution is -0.275. The maximum atomic E-state index is 12.2. The van der Waals surface area contributed by atoms with Crippen molar-refractivity contribution in [3.05, 3.63) is 23.8 Å². The number of ether oxygens (including phenoxy) is 1. The minimum atomic E-state index is -4.90. The van der Waals surface area contributed by atoms with Gasteiger partial charge in [-0.15, -0.1) is 13.2 Å². The summed E-state index contributed by atoms with van der Waals surface area (Å²) in [5.74, 6) is -0.606. The Morgan fingerprint density at radius 1 is 1.26 bits per heavy atom. The van der Waals surface area contributed by atoms with Crippen molar-refractivity contribution in [3.63, 3.8) is 0 Å². The molecule has 2 unspecified atom stereocenters. The van der Waals surface area contributed by atoms with E-state index in [-0.39, 0.29) is 24.2 Å². The van der Waals surface area contributed by atoms with Gasteiger partial charge in [0.1, 0.15) is 11.9 Å². The van der Waals surface area contributed by atoms with Gasteiger partial charge in [-0.05, 0) is 31.2 Å². The van der Waals surface area contributed by atoms with Gasteiger partial charge in [0, 0.05) is 11.3 Å². The SMILES string of the molecule is NCCC(O)C(O)c1cc(N)ccc1OC(F)(F)F. The van der Waals surface area contributed by atoms with Crippen molar-refractivity contribution in [1.82, 2.24) is 0 Å². The summed E-state index contributed by atoms with van der Waals surface area (Å²) in [5.41, 5.74) is 10.6. The number of hydrogen-bond acceptors (Lipinski definition) is 5. The average molecular weight is 280 g/mol. The molecule has 0 amide bonds. The third-order valence-corrected chi connectivity index (χ3v) is 2.41. The van der Waals surface area contributed by atoms with Crippen LogP contribution in [-0.4, -0.2) is 29.2 Å². The van der Waals surface area contributed by atoms with Crippen LogP contribution < -0.4 is 16.2 Å². The number of nitrogen functional groups attached to an aromatic ring is 1. The second-order valence-corrected chi connectivity index (χ2v) is 3.93. The molecule has 0 fully saturated rings. The van der Waals surface area contributed by atoms with Crippen molar-refractivity contribution in [3.8, 4) is 5.75 Å². The summed E-state index contributed by atoms with van der Waals surface area (Å²) >= 11 is 0. The van der Waals surface area contributed by atoms with Crippen LogP contribution in [0.25, 0.3) is 0 Å². The van der Waals surface area contributed by atoms with Crippen LogP contribution in [0, 0.1) is 0 Å². The Hall–Kier alpha value is -1.51.